The van der Waals surface area contributed by atoms with Crippen LogP contribution in [0.4, 0.5) is 10.8 Å². The normalized spacial score (nSPS) is 10.3. The molecule has 1 aromatic heterocycles. The predicted molar refractivity (Wildman–Crippen MR) is 88.1 cm³/mol. The van der Waals surface area contributed by atoms with Crippen LogP contribution in [0.2, 0.25) is 0 Å². The molecule has 0 aliphatic carbocycles. The Bertz CT molecular complexity index is 911. The number of nitro groups is 1. The molecule has 1 amide bonds. The first-order valence-electron chi connectivity index (χ1n) is 6.72. The molecule has 0 fully saturated rings. The van der Waals surface area contributed by atoms with E-state index in [4.69, 9.17) is 0 Å². The Morgan fingerprint density at radius 1 is 1.17 bits per heavy atom. The van der Waals surface area contributed by atoms with Gasteiger partial charge in [-0.2, -0.15) is 0 Å². The standard InChI is InChI=1S/C15H10N4O4S/c20-12-8-10(6-7-11(12)19(22)23)13(21)16-15-18-17-14(24-15)9-4-2-1-3-5-9/h1-8,20H,(H,16,18,21). The summed E-state index contributed by atoms with van der Waals surface area (Å²) in [7, 11) is 0. The largest absolute Gasteiger partial charge is 0.502 e. The molecule has 8 nitrogen and oxygen atoms in total. The Kier molecular flexibility index (Phi) is 4.17. The van der Waals surface area contributed by atoms with Crippen LogP contribution < -0.4 is 5.32 Å². The minimum absolute atomic E-state index is 0.0783. The van der Waals surface area contributed by atoms with Crippen molar-refractivity contribution in [3.8, 4) is 16.3 Å². The van der Waals surface area contributed by atoms with Crippen molar-refractivity contribution in [3.05, 3.63) is 64.2 Å². The second-order valence-electron chi connectivity index (χ2n) is 4.69. The second kappa shape index (κ2) is 6.42. The molecule has 0 aliphatic heterocycles. The first kappa shape index (κ1) is 15.6. The summed E-state index contributed by atoms with van der Waals surface area (Å²) in [5.41, 5.74) is 0.492. The molecule has 2 N–H and O–H groups in total. The number of anilines is 1. The number of hydrogen-bond donors (Lipinski definition) is 2. The number of benzene rings is 2. The molecule has 0 spiro atoms. The van der Waals surface area contributed by atoms with E-state index >= 15 is 0 Å². The van der Waals surface area contributed by atoms with E-state index in [-0.39, 0.29) is 10.7 Å². The van der Waals surface area contributed by atoms with E-state index in [0.29, 0.717) is 5.01 Å². The Labute approximate surface area is 139 Å². The molecule has 2 aromatic carbocycles. The van der Waals surface area contributed by atoms with Crippen molar-refractivity contribution in [2.45, 2.75) is 0 Å². The summed E-state index contributed by atoms with van der Waals surface area (Å²) in [5, 5.41) is 31.6. The molecular weight excluding hydrogens is 332 g/mol. The number of rotatable bonds is 4. The summed E-state index contributed by atoms with van der Waals surface area (Å²) in [6.45, 7) is 0. The second-order valence-corrected chi connectivity index (χ2v) is 5.67. The molecule has 0 saturated carbocycles. The molecule has 0 bridgehead atoms. The summed E-state index contributed by atoms with van der Waals surface area (Å²) >= 11 is 1.20. The number of nitrogens with one attached hydrogen (secondary N) is 1. The van der Waals surface area contributed by atoms with Crippen LogP contribution in [-0.4, -0.2) is 26.1 Å². The van der Waals surface area contributed by atoms with Crippen molar-refractivity contribution in [2.75, 3.05) is 5.32 Å². The van der Waals surface area contributed by atoms with E-state index < -0.39 is 22.3 Å². The lowest BCUT2D eigenvalue weighted by Gasteiger charge is -2.02. The van der Waals surface area contributed by atoms with Crippen molar-refractivity contribution in [1.29, 1.82) is 0 Å². The number of hydrogen-bond acceptors (Lipinski definition) is 7. The minimum atomic E-state index is -0.728. The Morgan fingerprint density at radius 3 is 2.58 bits per heavy atom. The zero-order chi connectivity index (χ0) is 17.1. The van der Waals surface area contributed by atoms with E-state index in [1.165, 1.54) is 17.4 Å². The number of nitro benzene ring substituents is 1. The van der Waals surface area contributed by atoms with E-state index in [0.717, 1.165) is 17.7 Å². The highest BCUT2D eigenvalue weighted by Gasteiger charge is 2.17. The van der Waals surface area contributed by atoms with Crippen LogP contribution in [0.1, 0.15) is 10.4 Å². The molecule has 1 heterocycles. The highest BCUT2D eigenvalue weighted by Crippen LogP contribution is 2.28. The van der Waals surface area contributed by atoms with Gasteiger partial charge in [0, 0.05) is 17.2 Å². The van der Waals surface area contributed by atoms with Crippen LogP contribution in [0.15, 0.2) is 48.5 Å². The van der Waals surface area contributed by atoms with E-state index in [2.05, 4.69) is 15.5 Å². The quantitative estimate of drug-likeness (QED) is 0.555. The lowest BCUT2D eigenvalue weighted by Crippen LogP contribution is -2.11. The molecule has 3 rings (SSSR count). The molecule has 0 aliphatic rings. The number of carbonyl (C=O) groups excluding carboxylic acids is 1. The fourth-order valence-corrected chi connectivity index (χ4v) is 2.70. The molecule has 0 unspecified atom stereocenters. The van der Waals surface area contributed by atoms with Crippen LogP contribution >= 0.6 is 11.3 Å². The zero-order valence-electron chi connectivity index (χ0n) is 12.0. The summed E-state index contributed by atoms with van der Waals surface area (Å²) < 4.78 is 0. The van der Waals surface area contributed by atoms with Gasteiger partial charge in [-0.1, -0.05) is 41.7 Å². The third-order valence-electron chi connectivity index (χ3n) is 3.10. The summed E-state index contributed by atoms with van der Waals surface area (Å²) in [4.78, 5) is 22.1. The minimum Gasteiger partial charge on any atom is -0.502 e. The predicted octanol–water partition coefficient (Wildman–Crippen LogP) is 3.07. The van der Waals surface area contributed by atoms with Gasteiger partial charge < -0.3 is 5.11 Å². The number of carbonyl (C=O) groups is 1. The molecule has 120 valence electrons. The van der Waals surface area contributed by atoms with E-state index in [1.807, 2.05) is 30.3 Å². The van der Waals surface area contributed by atoms with Crippen molar-refractivity contribution >= 4 is 28.1 Å². The maximum atomic E-state index is 12.1. The number of nitrogens with zero attached hydrogens (tertiary/aromatic N) is 3. The van der Waals surface area contributed by atoms with Gasteiger partial charge in [0.15, 0.2) is 5.75 Å². The number of aromatic hydroxyl groups is 1. The van der Waals surface area contributed by atoms with Crippen molar-refractivity contribution in [3.63, 3.8) is 0 Å². The zero-order valence-corrected chi connectivity index (χ0v) is 12.9. The molecule has 9 heteroatoms. The van der Waals surface area contributed by atoms with Crippen molar-refractivity contribution in [2.24, 2.45) is 0 Å². The average Bonchev–Trinajstić information content (AvgIpc) is 3.03. The number of amides is 1. The van der Waals surface area contributed by atoms with Crippen molar-refractivity contribution in [1.82, 2.24) is 10.2 Å². The summed E-state index contributed by atoms with van der Waals surface area (Å²) in [6, 6.07) is 12.7. The lowest BCUT2D eigenvalue weighted by molar-refractivity contribution is -0.385. The van der Waals surface area contributed by atoms with Gasteiger partial charge in [-0.25, -0.2) is 0 Å². The Balaban J connectivity index is 1.77. The van der Waals surface area contributed by atoms with Gasteiger partial charge in [-0.3, -0.25) is 20.2 Å². The van der Waals surface area contributed by atoms with Gasteiger partial charge in [0.1, 0.15) is 5.01 Å². The summed E-state index contributed by atoms with van der Waals surface area (Å²) in [5.74, 6) is -1.12. The van der Waals surface area contributed by atoms with Crippen LogP contribution in [-0.2, 0) is 0 Å². The third kappa shape index (κ3) is 3.20. The molecular formula is C15H10N4O4S. The van der Waals surface area contributed by atoms with Crippen molar-refractivity contribution < 1.29 is 14.8 Å². The Hall–Kier alpha value is -3.33. The molecule has 0 saturated heterocycles. The summed E-state index contributed by atoms with van der Waals surface area (Å²) in [6.07, 6.45) is 0. The van der Waals surface area contributed by atoms with Gasteiger partial charge in [0.25, 0.3) is 5.91 Å². The fourth-order valence-electron chi connectivity index (χ4n) is 1.96. The number of phenolic OH excluding ortho intramolecular Hbond substituents is 1. The molecule has 0 atom stereocenters. The molecule has 24 heavy (non-hydrogen) atoms. The smallest absolute Gasteiger partial charge is 0.310 e. The highest BCUT2D eigenvalue weighted by molar-refractivity contribution is 7.18. The van der Waals surface area contributed by atoms with Gasteiger partial charge >= 0.3 is 5.69 Å². The first-order valence-corrected chi connectivity index (χ1v) is 7.54. The number of aromatic nitrogens is 2. The lowest BCUT2D eigenvalue weighted by atomic mass is 10.2. The topological polar surface area (TPSA) is 118 Å². The van der Waals surface area contributed by atoms with Crippen LogP contribution in [0, 0.1) is 10.1 Å². The molecule has 0 radical (unpaired) electrons. The maximum absolute atomic E-state index is 12.1. The van der Waals surface area contributed by atoms with Crippen LogP contribution in [0.25, 0.3) is 10.6 Å². The third-order valence-corrected chi connectivity index (χ3v) is 3.99. The Morgan fingerprint density at radius 2 is 1.92 bits per heavy atom. The average molecular weight is 342 g/mol. The van der Waals surface area contributed by atoms with E-state index in [9.17, 15) is 20.0 Å². The van der Waals surface area contributed by atoms with E-state index in [1.54, 1.807) is 0 Å². The van der Waals surface area contributed by atoms with Crippen LogP contribution in [0.3, 0.4) is 0 Å². The van der Waals surface area contributed by atoms with Gasteiger partial charge in [0.05, 0.1) is 4.92 Å². The van der Waals surface area contributed by atoms with Gasteiger partial charge in [-0.15, -0.1) is 10.2 Å². The fraction of sp³-hybridized carbons (Fsp3) is 0. The maximum Gasteiger partial charge on any atom is 0.310 e. The van der Waals surface area contributed by atoms with Gasteiger partial charge in [-0.05, 0) is 12.1 Å². The highest BCUT2D eigenvalue weighted by atomic mass is 32.1. The van der Waals surface area contributed by atoms with Gasteiger partial charge in [0.2, 0.25) is 5.13 Å². The number of phenols is 1. The SMILES string of the molecule is O=C(Nc1nnc(-c2ccccc2)s1)c1ccc([N+](=O)[O-])c(O)c1. The van der Waals surface area contributed by atoms with Crippen LogP contribution in [0.5, 0.6) is 5.75 Å². The molecule has 3 aromatic rings. The monoisotopic (exact) mass is 342 g/mol. The first-order chi connectivity index (χ1) is 11.5.